The molecule has 2 fully saturated rings. The Bertz CT molecular complexity index is 894. The Morgan fingerprint density at radius 3 is 2.56 bits per heavy atom. The Morgan fingerprint density at radius 1 is 0.889 bits per heavy atom. The van der Waals surface area contributed by atoms with E-state index in [2.05, 4.69) is 47.7 Å². The van der Waals surface area contributed by atoms with Crippen LogP contribution in [0.1, 0.15) is 54.7 Å². The predicted octanol–water partition coefficient (Wildman–Crippen LogP) is 3.38. The number of anilines is 1. The van der Waals surface area contributed by atoms with Crippen LogP contribution in [0.25, 0.3) is 0 Å². The SMILES string of the molecule is c1ccc(Cn2ccnc2C2CCN(c3cc(C4CC4)ncn3)CC2)nc1. The van der Waals surface area contributed by atoms with Gasteiger partial charge in [-0.25, -0.2) is 15.0 Å². The van der Waals surface area contributed by atoms with E-state index in [1.807, 2.05) is 24.5 Å². The van der Waals surface area contributed by atoms with Crippen LogP contribution < -0.4 is 4.90 Å². The normalized spacial score (nSPS) is 18.0. The average molecular weight is 360 g/mol. The first-order valence-electron chi connectivity index (χ1n) is 9.84. The lowest BCUT2D eigenvalue weighted by atomic mass is 9.95. The molecule has 1 aliphatic heterocycles. The molecule has 3 aromatic rings. The Balaban J connectivity index is 1.26. The van der Waals surface area contributed by atoms with E-state index in [4.69, 9.17) is 0 Å². The van der Waals surface area contributed by atoms with E-state index < -0.39 is 0 Å². The second kappa shape index (κ2) is 7.10. The first-order chi connectivity index (χ1) is 13.4. The second-order valence-electron chi connectivity index (χ2n) is 7.57. The minimum absolute atomic E-state index is 0.490. The fourth-order valence-electron chi connectivity index (χ4n) is 3.98. The van der Waals surface area contributed by atoms with Crippen molar-refractivity contribution >= 4 is 5.82 Å². The largest absolute Gasteiger partial charge is 0.356 e. The van der Waals surface area contributed by atoms with Gasteiger partial charge in [0, 0.05) is 55.3 Å². The fraction of sp³-hybridized carbons (Fsp3) is 0.429. The fourth-order valence-corrected chi connectivity index (χ4v) is 3.98. The van der Waals surface area contributed by atoms with Crippen LogP contribution in [0.2, 0.25) is 0 Å². The number of piperidine rings is 1. The number of nitrogens with zero attached hydrogens (tertiary/aromatic N) is 6. The molecule has 0 aromatic carbocycles. The summed E-state index contributed by atoms with van der Waals surface area (Å²) in [7, 11) is 0. The lowest BCUT2D eigenvalue weighted by Crippen LogP contribution is -2.34. The van der Waals surface area contributed by atoms with Crippen LogP contribution in [0.4, 0.5) is 5.82 Å². The van der Waals surface area contributed by atoms with E-state index in [0.717, 1.165) is 44.0 Å². The topological polar surface area (TPSA) is 59.7 Å². The van der Waals surface area contributed by atoms with Crippen molar-refractivity contribution < 1.29 is 0 Å². The molecular weight excluding hydrogens is 336 g/mol. The van der Waals surface area contributed by atoms with E-state index in [1.165, 1.54) is 24.4 Å². The van der Waals surface area contributed by atoms with Gasteiger partial charge in [-0.2, -0.15) is 0 Å². The molecule has 0 radical (unpaired) electrons. The Hall–Kier alpha value is -2.76. The number of pyridine rings is 1. The average Bonchev–Trinajstić information content (AvgIpc) is 3.49. The van der Waals surface area contributed by atoms with Crippen molar-refractivity contribution in [1.29, 1.82) is 0 Å². The summed E-state index contributed by atoms with van der Waals surface area (Å²) in [5.41, 5.74) is 2.29. The number of aromatic nitrogens is 5. The highest BCUT2D eigenvalue weighted by molar-refractivity contribution is 5.41. The van der Waals surface area contributed by atoms with E-state index in [0.29, 0.717) is 11.8 Å². The Labute approximate surface area is 159 Å². The highest BCUT2D eigenvalue weighted by Gasteiger charge is 2.28. The number of hydrogen-bond acceptors (Lipinski definition) is 5. The van der Waals surface area contributed by atoms with Gasteiger partial charge >= 0.3 is 0 Å². The van der Waals surface area contributed by atoms with Crippen LogP contribution in [0.15, 0.2) is 49.2 Å². The highest BCUT2D eigenvalue weighted by atomic mass is 15.2. The monoisotopic (exact) mass is 360 g/mol. The van der Waals surface area contributed by atoms with Gasteiger partial charge in [0.2, 0.25) is 0 Å². The first-order valence-corrected chi connectivity index (χ1v) is 9.84. The van der Waals surface area contributed by atoms with Crippen molar-refractivity contribution in [1.82, 2.24) is 24.5 Å². The molecule has 1 saturated carbocycles. The van der Waals surface area contributed by atoms with E-state index in [-0.39, 0.29) is 0 Å². The van der Waals surface area contributed by atoms with Gasteiger partial charge in [-0.05, 0) is 37.8 Å². The third-order valence-electron chi connectivity index (χ3n) is 5.66. The summed E-state index contributed by atoms with van der Waals surface area (Å²) in [5, 5.41) is 0. The van der Waals surface area contributed by atoms with Crippen molar-refractivity contribution in [3.63, 3.8) is 0 Å². The number of hydrogen-bond donors (Lipinski definition) is 0. The summed E-state index contributed by atoms with van der Waals surface area (Å²) in [6.45, 7) is 2.82. The smallest absolute Gasteiger partial charge is 0.132 e. The molecule has 1 saturated heterocycles. The second-order valence-corrected chi connectivity index (χ2v) is 7.57. The molecule has 6 heteroatoms. The molecule has 2 aliphatic rings. The van der Waals surface area contributed by atoms with Gasteiger partial charge in [-0.15, -0.1) is 0 Å². The van der Waals surface area contributed by atoms with Crippen molar-refractivity contribution in [3.8, 4) is 0 Å². The summed E-state index contributed by atoms with van der Waals surface area (Å²) in [6.07, 6.45) is 12.3. The molecule has 0 spiro atoms. The molecule has 27 heavy (non-hydrogen) atoms. The quantitative estimate of drug-likeness (QED) is 0.698. The molecule has 138 valence electrons. The van der Waals surface area contributed by atoms with Crippen LogP contribution in [0, 0.1) is 0 Å². The van der Waals surface area contributed by atoms with Gasteiger partial charge in [-0.1, -0.05) is 6.07 Å². The maximum atomic E-state index is 4.67. The number of rotatable bonds is 5. The van der Waals surface area contributed by atoms with Crippen LogP contribution in [0.3, 0.4) is 0 Å². The molecule has 1 aliphatic carbocycles. The molecule has 0 amide bonds. The van der Waals surface area contributed by atoms with Gasteiger partial charge < -0.3 is 9.47 Å². The van der Waals surface area contributed by atoms with Crippen LogP contribution in [-0.2, 0) is 6.54 Å². The molecule has 0 unspecified atom stereocenters. The van der Waals surface area contributed by atoms with Crippen molar-refractivity contribution in [2.75, 3.05) is 18.0 Å². The van der Waals surface area contributed by atoms with Gasteiger partial charge in [-0.3, -0.25) is 4.98 Å². The minimum atomic E-state index is 0.490. The lowest BCUT2D eigenvalue weighted by molar-refractivity contribution is 0.467. The molecule has 0 bridgehead atoms. The molecule has 0 atom stereocenters. The van der Waals surface area contributed by atoms with E-state index >= 15 is 0 Å². The van der Waals surface area contributed by atoms with Crippen LogP contribution in [0.5, 0.6) is 0 Å². The minimum Gasteiger partial charge on any atom is -0.356 e. The van der Waals surface area contributed by atoms with Crippen molar-refractivity contribution in [2.24, 2.45) is 0 Å². The number of imidazole rings is 1. The Kier molecular flexibility index (Phi) is 4.32. The summed E-state index contributed by atoms with van der Waals surface area (Å²) in [4.78, 5) is 20.5. The summed E-state index contributed by atoms with van der Waals surface area (Å²) in [6, 6.07) is 8.25. The molecular formula is C21H24N6. The summed E-state index contributed by atoms with van der Waals surface area (Å²) < 4.78 is 2.25. The zero-order chi connectivity index (χ0) is 18.1. The van der Waals surface area contributed by atoms with Gasteiger partial charge in [0.05, 0.1) is 12.2 Å². The first kappa shape index (κ1) is 16.4. The molecule has 5 rings (SSSR count). The predicted molar refractivity (Wildman–Crippen MR) is 104 cm³/mol. The van der Waals surface area contributed by atoms with Gasteiger partial charge in [0.15, 0.2) is 0 Å². The summed E-state index contributed by atoms with van der Waals surface area (Å²) in [5.74, 6) is 3.43. The lowest BCUT2D eigenvalue weighted by Gasteiger charge is -2.32. The van der Waals surface area contributed by atoms with Gasteiger partial charge in [0.1, 0.15) is 18.0 Å². The summed E-state index contributed by atoms with van der Waals surface area (Å²) >= 11 is 0. The van der Waals surface area contributed by atoms with Gasteiger partial charge in [0.25, 0.3) is 0 Å². The zero-order valence-electron chi connectivity index (χ0n) is 15.4. The molecule has 0 N–H and O–H groups in total. The molecule has 3 aromatic heterocycles. The standard InChI is InChI=1S/C21H24N6/c1-2-8-22-18(3-1)14-27-12-9-23-21(27)17-6-10-26(11-7-17)20-13-19(16-4-5-16)24-15-25-20/h1-3,8-9,12-13,15-17H,4-7,10-11,14H2. The highest BCUT2D eigenvalue weighted by Crippen LogP contribution is 2.39. The maximum absolute atomic E-state index is 4.67. The van der Waals surface area contributed by atoms with E-state index in [1.54, 1.807) is 6.33 Å². The van der Waals surface area contributed by atoms with Crippen molar-refractivity contribution in [2.45, 2.75) is 44.1 Å². The molecule has 6 nitrogen and oxygen atoms in total. The third-order valence-corrected chi connectivity index (χ3v) is 5.66. The van der Waals surface area contributed by atoms with Crippen LogP contribution >= 0.6 is 0 Å². The molecule has 4 heterocycles. The van der Waals surface area contributed by atoms with E-state index in [9.17, 15) is 0 Å². The zero-order valence-corrected chi connectivity index (χ0v) is 15.4. The van der Waals surface area contributed by atoms with Crippen LogP contribution in [-0.4, -0.2) is 37.6 Å². The maximum Gasteiger partial charge on any atom is 0.132 e. The Morgan fingerprint density at radius 2 is 1.78 bits per heavy atom. The van der Waals surface area contributed by atoms with Crippen molar-refractivity contribution in [3.05, 3.63) is 66.4 Å². The third kappa shape index (κ3) is 3.56.